The second-order valence-corrected chi connectivity index (χ2v) is 3.42. The predicted octanol–water partition coefficient (Wildman–Crippen LogP) is 0.178. The van der Waals surface area contributed by atoms with Crippen LogP contribution in [-0.2, 0) is 4.79 Å². The summed E-state index contributed by atoms with van der Waals surface area (Å²) in [7, 11) is 0. The summed E-state index contributed by atoms with van der Waals surface area (Å²) in [6.07, 6.45) is 0.603. The summed E-state index contributed by atoms with van der Waals surface area (Å²) in [5, 5.41) is 21.9. The number of carbonyl (C=O) groups excluding carboxylic acids is 1. The van der Waals surface area contributed by atoms with Crippen LogP contribution in [0.1, 0.15) is 6.42 Å². The van der Waals surface area contributed by atoms with Gasteiger partial charge in [0, 0.05) is 19.0 Å². The summed E-state index contributed by atoms with van der Waals surface area (Å²) >= 11 is 0. The van der Waals surface area contributed by atoms with E-state index in [1.807, 2.05) is 0 Å². The summed E-state index contributed by atoms with van der Waals surface area (Å²) in [6.45, 7) is -0.0257. The number of hydrogen-bond donors (Lipinski definition) is 4. The molecule has 0 unspecified atom stereocenters. The van der Waals surface area contributed by atoms with Gasteiger partial charge in [-0.15, -0.1) is 0 Å². The maximum atomic E-state index is 12.7. The van der Waals surface area contributed by atoms with Crippen LogP contribution in [0, 0.1) is 5.82 Å². The first-order valence-corrected chi connectivity index (χ1v) is 5.05. The topological polar surface area (TPSA) is 112 Å². The van der Waals surface area contributed by atoms with E-state index in [0.29, 0.717) is 0 Å². The van der Waals surface area contributed by atoms with Crippen LogP contribution in [0.4, 0.5) is 14.9 Å². The molecular weight excluding hydrogens is 245 g/mol. The van der Waals surface area contributed by atoms with E-state index in [0.717, 1.165) is 12.3 Å². The van der Waals surface area contributed by atoms with Crippen molar-refractivity contribution in [2.45, 2.75) is 12.5 Å². The van der Waals surface area contributed by atoms with Crippen molar-refractivity contribution in [1.82, 2.24) is 10.3 Å². The van der Waals surface area contributed by atoms with Gasteiger partial charge >= 0.3 is 12.0 Å². The number of anilines is 1. The van der Waals surface area contributed by atoms with E-state index in [2.05, 4.69) is 15.6 Å². The number of aliphatic carboxylic acids is 1. The molecule has 8 heteroatoms. The van der Waals surface area contributed by atoms with E-state index in [1.54, 1.807) is 0 Å². The van der Waals surface area contributed by atoms with Gasteiger partial charge in [0.05, 0.1) is 18.1 Å². The number of nitrogens with zero attached hydrogens (tertiary/aromatic N) is 1. The van der Waals surface area contributed by atoms with Crippen molar-refractivity contribution < 1.29 is 24.2 Å². The normalized spacial score (nSPS) is 11.7. The Morgan fingerprint density at radius 3 is 2.78 bits per heavy atom. The van der Waals surface area contributed by atoms with Gasteiger partial charge in [-0.2, -0.15) is 0 Å². The molecule has 1 aromatic heterocycles. The zero-order valence-electron chi connectivity index (χ0n) is 9.26. The fourth-order valence-electron chi connectivity index (χ4n) is 1.10. The maximum absolute atomic E-state index is 12.7. The molecule has 0 aliphatic rings. The van der Waals surface area contributed by atoms with E-state index >= 15 is 0 Å². The molecular formula is C10H12FN3O4. The fourth-order valence-corrected chi connectivity index (χ4v) is 1.10. The minimum Gasteiger partial charge on any atom is -0.479 e. The first-order chi connectivity index (χ1) is 8.49. The molecule has 18 heavy (non-hydrogen) atoms. The number of nitrogens with one attached hydrogen (secondary N) is 2. The van der Waals surface area contributed by atoms with Crippen molar-refractivity contribution in [3.05, 3.63) is 24.3 Å². The third-order valence-electron chi connectivity index (χ3n) is 1.95. The van der Waals surface area contributed by atoms with Gasteiger partial charge in [0.2, 0.25) is 0 Å². The number of aliphatic hydroxyl groups excluding tert-OH is 1. The molecule has 2 amide bonds. The molecule has 0 aliphatic heterocycles. The summed E-state index contributed by atoms with van der Waals surface area (Å²) in [4.78, 5) is 25.1. The Hall–Kier alpha value is -2.22. The lowest BCUT2D eigenvalue weighted by molar-refractivity contribution is -0.146. The molecule has 7 nitrogen and oxygen atoms in total. The van der Waals surface area contributed by atoms with Crippen LogP contribution < -0.4 is 10.6 Å². The summed E-state index contributed by atoms with van der Waals surface area (Å²) in [5.41, 5.74) is 0.172. The zero-order chi connectivity index (χ0) is 13.5. The number of aliphatic hydroxyl groups is 1. The Morgan fingerprint density at radius 2 is 2.17 bits per heavy atom. The van der Waals surface area contributed by atoms with Gasteiger partial charge in [-0.25, -0.2) is 14.0 Å². The molecule has 1 atom stereocenters. The molecule has 1 aromatic rings. The van der Waals surface area contributed by atoms with Crippen LogP contribution >= 0.6 is 0 Å². The maximum Gasteiger partial charge on any atom is 0.332 e. The summed E-state index contributed by atoms with van der Waals surface area (Å²) in [6, 6.07) is 0.443. The minimum absolute atomic E-state index is 0.0257. The number of amides is 2. The number of pyridine rings is 1. The lowest BCUT2D eigenvalue weighted by Gasteiger charge is -2.08. The van der Waals surface area contributed by atoms with Crippen LogP contribution in [0.5, 0.6) is 0 Å². The van der Waals surface area contributed by atoms with Gasteiger partial charge in [0.1, 0.15) is 5.82 Å². The fraction of sp³-hybridized carbons (Fsp3) is 0.300. The number of carboxylic acids is 1. The van der Waals surface area contributed by atoms with Gasteiger partial charge in [-0.1, -0.05) is 0 Å². The summed E-state index contributed by atoms with van der Waals surface area (Å²) in [5.74, 6) is -1.94. The lowest BCUT2D eigenvalue weighted by atomic mass is 10.2. The van der Waals surface area contributed by atoms with Gasteiger partial charge in [0.15, 0.2) is 6.10 Å². The van der Waals surface area contributed by atoms with Crippen molar-refractivity contribution in [2.75, 3.05) is 11.9 Å². The standard InChI is InChI=1S/C10H12FN3O4/c11-6-3-7(5-12-4-6)14-10(18)13-2-1-8(15)9(16)17/h3-5,8,15H,1-2H2,(H,16,17)(H2,13,14,18)/t8-/m0/s1. The van der Waals surface area contributed by atoms with Crippen LogP contribution in [0.15, 0.2) is 18.5 Å². The molecule has 0 aromatic carbocycles. The number of carboxylic acid groups (broad SMARTS) is 1. The van der Waals surface area contributed by atoms with E-state index < -0.39 is 23.9 Å². The highest BCUT2D eigenvalue weighted by Crippen LogP contribution is 2.06. The van der Waals surface area contributed by atoms with Gasteiger partial charge in [0.25, 0.3) is 0 Å². The molecule has 0 fully saturated rings. The lowest BCUT2D eigenvalue weighted by Crippen LogP contribution is -2.33. The van der Waals surface area contributed by atoms with E-state index in [1.165, 1.54) is 6.20 Å². The molecule has 1 heterocycles. The Kier molecular flexibility index (Phi) is 5.00. The number of aromatic nitrogens is 1. The highest BCUT2D eigenvalue weighted by atomic mass is 19.1. The van der Waals surface area contributed by atoms with Gasteiger partial charge in [-0.3, -0.25) is 4.98 Å². The highest BCUT2D eigenvalue weighted by molar-refractivity contribution is 5.88. The molecule has 0 bridgehead atoms. The van der Waals surface area contributed by atoms with Crippen molar-refractivity contribution in [1.29, 1.82) is 0 Å². The van der Waals surface area contributed by atoms with Gasteiger partial charge < -0.3 is 20.8 Å². The summed E-state index contributed by atoms with van der Waals surface area (Å²) < 4.78 is 12.7. The quantitative estimate of drug-likeness (QED) is 0.601. The molecule has 0 spiro atoms. The molecule has 4 N–H and O–H groups in total. The Labute approximate surface area is 102 Å². The third-order valence-corrected chi connectivity index (χ3v) is 1.95. The second kappa shape index (κ2) is 6.50. The average molecular weight is 257 g/mol. The minimum atomic E-state index is -1.53. The van der Waals surface area contributed by atoms with Crippen LogP contribution in [-0.4, -0.2) is 39.8 Å². The molecule has 0 aliphatic carbocycles. The number of rotatable bonds is 5. The first kappa shape index (κ1) is 13.8. The van der Waals surface area contributed by atoms with Crippen LogP contribution in [0.2, 0.25) is 0 Å². The molecule has 0 radical (unpaired) electrons. The number of hydrogen-bond acceptors (Lipinski definition) is 4. The highest BCUT2D eigenvalue weighted by Gasteiger charge is 2.12. The Morgan fingerprint density at radius 1 is 1.44 bits per heavy atom. The van der Waals surface area contributed by atoms with Crippen molar-refractivity contribution in [2.24, 2.45) is 0 Å². The first-order valence-electron chi connectivity index (χ1n) is 5.05. The average Bonchev–Trinajstić information content (AvgIpc) is 2.28. The van der Waals surface area contributed by atoms with E-state index in [-0.39, 0.29) is 18.7 Å². The number of urea groups is 1. The molecule has 0 saturated heterocycles. The Bertz CT molecular complexity index is 441. The SMILES string of the molecule is O=C(NCC[C@H](O)C(=O)O)Nc1cncc(F)c1. The smallest absolute Gasteiger partial charge is 0.332 e. The zero-order valence-corrected chi connectivity index (χ0v) is 9.26. The van der Waals surface area contributed by atoms with Crippen molar-refractivity contribution >= 4 is 17.7 Å². The van der Waals surface area contributed by atoms with Crippen molar-refractivity contribution in [3.8, 4) is 0 Å². The third kappa shape index (κ3) is 4.74. The number of halogens is 1. The second-order valence-electron chi connectivity index (χ2n) is 3.42. The Balaban J connectivity index is 2.32. The monoisotopic (exact) mass is 257 g/mol. The molecule has 0 saturated carbocycles. The van der Waals surface area contributed by atoms with E-state index in [4.69, 9.17) is 10.2 Å². The number of carbonyl (C=O) groups is 2. The van der Waals surface area contributed by atoms with Crippen LogP contribution in [0.25, 0.3) is 0 Å². The van der Waals surface area contributed by atoms with Gasteiger partial charge in [-0.05, 0) is 0 Å². The largest absolute Gasteiger partial charge is 0.479 e. The van der Waals surface area contributed by atoms with Crippen molar-refractivity contribution in [3.63, 3.8) is 0 Å². The predicted molar refractivity (Wildman–Crippen MR) is 59.5 cm³/mol. The molecule has 98 valence electrons. The molecule has 1 rings (SSSR count). The van der Waals surface area contributed by atoms with E-state index in [9.17, 15) is 14.0 Å². The van der Waals surface area contributed by atoms with Crippen LogP contribution in [0.3, 0.4) is 0 Å².